The lowest BCUT2D eigenvalue weighted by Crippen LogP contribution is -2.35. The summed E-state index contributed by atoms with van der Waals surface area (Å²) >= 11 is 0. The molecule has 2 fully saturated rings. The van der Waals surface area contributed by atoms with Crippen LogP contribution in [0.5, 0.6) is 0 Å². The molecule has 0 heterocycles. The number of rotatable bonds is 5. The van der Waals surface area contributed by atoms with Crippen molar-refractivity contribution < 1.29 is 9.59 Å². The number of hydrogen-bond donors (Lipinski definition) is 2. The number of hydrogen-bond acceptors (Lipinski definition) is 2. The topological polar surface area (TPSA) is 58.2 Å². The van der Waals surface area contributed by atoms with E-state index < -0.39 is 0 Å². The molecule has 0 bridgehead atoms. The summed E-state index contributed by atoms with van der Waals surface area (Å²) in [6, 6.07) is 0.469. The zero-order valence-electron chi connectivity index (χ0n) is 9.50. The van der Waals surface area contributed by atoms with E-state index in [1.165, 1.54) is 0 Å². The Hall–Kier alpha value is -1.06. The molecule has 2 N–H and O–H groups in total. The van der Waals surface area contributed by atoms with Crippen LogP contribution in [0.2, 0.25) is 0 Å². The van der Waals surface area contributed by atoms with E-state index in [1.54, 1.807) is 6.41 Å². The van der Waals surface area contributed by atoms with Crippen molar-refractivity contribution in [3.8, 4) is 0 Å². The van der Waals surface area contributed by atoms with Gasteiger partial charge in [-0.1, -0.05) is 0 Å². The summed E-state index contributed by atoms with van der Waals surface area (Å²) in [5.41, 5.74) is 0. The van der Waals surface area contributed by atoms with Gasteiger partial charge in [0.15, 0.2) is 0 Å². The average molecular weight is 223 g/mol. The van der Waals surface area contributed by atoms with Crippen molar-refractivity contribution in [3.63, 3.8) is 0 Å². The fraction of sp³-hybridized carbons (Fsp3) is 0.833. The lowest BCUT2D eigenvalue weighted by Gasteiger charge is -2.27. The van der Waals surface area contributed by atoms with E-state index in [-0.39, 0.29) is 11.8 Å². The van der Waals surface area contributed by atoms with Gasteiger partial charge in [0, 0.05) is 18.5 Å². The summed E-state index contributed by atoms with van der Waals surface area (Å²) in [5.74, 6) is 0.986. The Morgan fingerprint density at radius 3 is 2.38 bits per heavy atom. The summed E-state index contributed by atoms with van der Waals surface area (Å²) in [6.07, 6.45) is 8.01. The van der Waals surface area contributed by atoms with Crippen LogP contribution in [-0.2, 0) is 9.59 Å². The first-order valence-corrected chi connectivity index (χ1v) is 6.20. The van der Waals surface area contributed by atoms with Crippen molar-refractivity contribution >= 4 is 12.3 Å². The van der Waals surface area contributed by atoms with E-state index in [1.807, 2.05) is 0 Å². The molecule has 0 aliphatic heterocycles. The van der Waals surface area contributed by atoms with Gasteiger partial charge in [0.25, 0.3) is 0 Å². The predicted molar refractivity (Wildman–Crippen MR) is 60.3 cm³/mol. The highest BCUT2D eigenvalue weighted by atomic mass is 16.2. The van der Waals surface area contributed by atoms with E-state index in [0.29, 0.717) is 18.5 Å². The van der Waals surface area contributed by atoms with Gasteiger partial charge >= 0.3 is 6.41 Å². The molecule has 0 saturated heterocycles. The molecular weight excluding hydrogens is 204 g/mol. The average Bonchev–Trinajstić information content (AvgIpc) is 3.11. The standard InChI is InChI=1S/C12H19N2O2/c15-8-13-7-9-1-3-10(4-2-9)12(16)14-11-5-6-11/h9-11H,1-7H2,(H,13,15)(H,14,16)/t9-,10-. The van der Waals surface area contributed by atoms with Gasteiger partial charge in [0.2, 0.25) is 5.91 Å². The Labute approximate surface area is 96.2 Å². The Morgan fingerprint density at radius 2 is 1.81 bits per heavy atom. The third kappa shape index (κ3) is 3.22. The summed E-state index contributed by atoms with van der Waals surface area (Å²) in [6.45, 7) is 0.709. The van der Waals surface area contributed by atoms with E-state index >= 15 is 0 Å². The second-order valence-electron chi connectivity index (χ2n) is 4.98. The van der Waals surface area contributed by atoms with Gasteiger partial charge in [-0.3, -0.25) is 9.59 Å². The first-order chi connectivity index (χ1) is 7.79. The molecule has 2 amide bonds. The first kappa shape index (κ1) is 11.4. The van der Waals surface area contributed by atoms with Gasteiger partial charge < -0.3 is 10.6 Å². The van der Waals surface area contributed by atoms with E-state index in [9.17, 15) is 9.59 Å². The van der Waals surface area contributed by atoms with Crippen molar-refractivity contribution in [1.29, 1.82) is 0 Å². The van der Waals surface area contributed by atoms with Crippen molar-refractivity contribution in [1.82, 2.24) is 10.6 Å². The van der Waals surface area contributed by atoms with Gasteiger partial charge in [-0.2, -0.15) is 0 Å². The van der Waals surface area contributed by atoms with Crippen LogP contribution >= 0.6 is 0 Å². The highest BCUT2D eigenvalue weighted by Crippen LogP contribution is 2.29. The number of nitrogens with one attached hydrogen (secondary N) is 2. The number of carbonyl (C=O) groups excluding carboxylic acids is 2. The molecule has 2 aliphatic carbocycles. The molecular formula is C12H19N2O2. The van der Waals surface area contributed by atoms with E-state index in [0.717, 1.165) is 38.5 Å². The molecule has 0 spiro atoms. The van der Waals surface area contributed by atoms with Crippen molar-refractivity contribution in [2.24, 2.45) is 11.8 Å². The predicted octanol–water partition coefficient (Wildman–Crippen LogP) is 0.728. The summed E-state index contributed by atoms with van der Waals surface area (Å²) in [4.78, 5) is 21.8. The van der Waals surface area contributed by atoms with E-state index in [2.05, 4.69) is 10.6 Å². The maximum atomic E-state index is 11.8. The van der Waals surface area contributed by atoms with Gasteiger partial charge in [0.1, 0.15) is 0 Å². The molecule has 4 nitrogen and oxygen atoms in total. The smallest absolute Gasteiger partial charge is 0.309 e. The molecule has 0 aromatic rings. The van der Waals surface area contributed by atoms with Crippen molar-refractivity contribution in [3.05, 3.63) is 0 Å². The molecule has 4 heteroatoms. The normalized spacial score (nSPS) is 29.5. The fourth-order valence-corrected chi connectivity index (χ4v) is 2.36. The largest absolute Gasteiger partial charge is 0.353 e. The van der Waals surface area contributed by atoms with Crippen molar-refractivity contribution in [2.75, 3.05) is 6.54 Å². The zero-order chi connectivity index (χ0) is 11.4. The Morgan fingerprint density at radius 1 is 1.12 bits per heavy atom. The number of carbonyl (C=O) groups is 1. The molecule has 0 unspecified atom stereocenters. The number of amides is 2. The molecule has 2 aliphatic rings. The van der Waals surface area contributed by atoms with Crippen LogP contribution in [0.3, 0.4) is 0 Å². The van der Waals surface area contributed by atoms with Crippen LogP contribution < -0.4 is 10.6 Å². The second kappa shape index (κ2) is 5.32. The second-order valence-corrected chi connectivity index (χ2v) is 4.98. The minimum atomic E-state index is 0.206. The highest BCUT2D eigenvalue weighted by molar-refractivity contribution is 5.79. The molecule has 16 heavy (non-hydrogen) atoms. The monoisotopic (exact) mass is 223 g/mol. The highest BCUT2D eigenvalue weighted by Gasteiger charge is 2.30. The zero-order valence-corrected chi connectivity index (χ0v) is 9.50. The van der Waals surface area contributed by atoms with Gasteiger partial charge in [-0.05, 0) is 44.4 Å². The molecule has 89 valence electrons. The molecule has 2 saturated carbocycles. The van der Waals surface area contributed by atoms with Crippen LogP contribution in [-0.4, -0.2) is 24.9 Å². The Kier molecular flexibility index (Phi) is 3.80. The quantitative estimate of drug-likeness (QED) is 0.675. The van der Waals surface area contributed by atoms with Crippen LogP contribution in [0, 0.1) is 11.8 Å². The van der Waals surface area contributed by atoms with Crippen LogP contribution in [0.1, 0.15) is 38.5 Å². The molecule has 2 rings (SSSR count). The molecule has 1 radical (unpaired) electrons. The maximum Gasteiger partial charge on any atom is 0.309 e. The van der Waals surface area contributed by atoms with Crippen LogP contribution in [0.4, 0.5) is 0 Å². The third-order valence-electron chi connectivity index (χ3n) is 3.60. The van der Waals surface area contributed by atoms with Crippen LogP contribution in [0.25, 0.3) is 0 Å². The van der Waals surface area contributed by atoms with Crippen molar-refractivity contribution in [2.45, 2.75) is 44.6 Å². The van der Waals surface area contributed by atoms with Gasteiger partial charge in [-0.15, -0.1) is 0 Å². The third-order valence-corrected chi connectivity index (χ3v) is 3.60. The Bertz CT molecular complexity index is 256. The van der Waals surface area contributed by atoms with Gasteiger partial charge in [-0.25, -0.2) is 0 Å². The maximum absolute atomic E-state index is 11.8. The van der Waals surface area contributed by atoms with Gasteiger partial charge in [0.05, 0.1) is 0 Å². The summed E-state index contributed by atoms with van der Waals surface area (Å²) < 4.78 is 0. The SMILES string of the molecule is O=[C]NC[C@H]1CC[C@H](C(=O)NC2CC2)CC1. The minimum Gasteiger partial charge on any atom is -0.353 e. The Balaban J connectivity index is 1.67. The lowest BCUT2D eigenvalue weighted by atomic mass is 9.81. The fourth-order valence-electron chi connectivity index (χ4n) is 2.36. The van der Waals surface area contributed by atoms with E-state index in [4.69, 9.17) is 0 Å². The first-order valence-electron chi connectivity index (χ1n) is 6.20. The lowest BCUT2D eigenvalue weighted by molar-refractivity contribution is -0.126. The summed E-state index contributed by atoms with van der Waals surface area (Å²) in [7, 11) is 0. The van der Waals surface area contributed by atoms with Crippen LogP contribution in [0.15, 0.2) is 0 Å². The molecule has 0 atom stereocenters. The molecule has 0 aromatic carbocycles. The molecule has 0 aromatic heterocycles. The summed E-state index contributed by atoms with van der Waals surface area (Å²) in [5, 5.41) is 5.66. The minimum absolute atomic E-state index is 0.206.